The molecule has 12 heteroatoms. The Morgan fingerprint density at radius 2 is 1.62 bits per heavy atom. The molecule has 4 aromatic rings. The molecule has 39 heavy (non-hydrogen) atoms. The summed E-state index contributed by atoms with van der Waals surface area (Å²) < 4.78 is 68.9. The van der Waals surface area contributed by atoms with Gasteiger partial charge in [-0.1, -0.05) is 26.0 Å². The molecule has 0 radical (unpaired) electrons. The van der Waals surface area contributed by atoms with Gasteiger partial charge in [0.05, 0.1) is 23.2 Å². The van der Waals surface area contributed by atoms with Crippen LogP contribution >= 0.6 is 0 Å². The number of rotatable bonds is 10. The van der Waals surface area contributed by atoms with E-state index in [1.807, 2.05) is 0 Å². The van der Waals surface area contributed by atoms with Gasteiger partial charge in [-0.05, 0) is 65.9 Å². The van der Waals surface area contributed by atoms with E-state index in [1.165, 1.54) is 35.0 Å². The summed E-state index contributed by atoms with van der Waals surface area (Å²) in [6.45, 7) is 3.32. The Morgan fingerprint density at radius 1 is 0.949 bits per heavy atom. The molecule has 3 aromatic heterocycles. The minimum atomic E-state index is -4.21. The second-order valence-electron chi connectivity index (χ2n) is 8.81. The average molecular weight is 571 g/mol. The fourth-order valence-electron chi connectivity index (χ4n) is 4.28. The first-order valence-corrected chi connectivity index (χ1v) is 15.5. The van der Waals surface area contributed by atoms with Crippen LogP contribution < -0.4 is 5.43 Å². The molecule has 1 N–H and O–H groups in total. The van der Waals surface area contributed by atoms with Crippen LogP contribution in [-0.4, -0.2) is 49.8 Å². The number of pyridine rings is 2. The predicted molar refractivity (Wildman–Crippen MR) is 147 cm³/mol. The van der Waals surface area contributed by atoms with E-state index in [2.05, 4.69) is 15.5 Å². The van der Waals surface area contributed by atoms with Gasteiger partial charge in [0, 0.05) is 18.6 Å². The summed E-state index contributed by atoms with van der Waals surface area (Å²) in [4.78, 5) is 16.5. The van der Waals surface area contributed by atoms with E-state index in [4.69, 9.17) is 0 Å². The zero-order chi connectivity index (χ0) is 28.2. The summed E-state index contributed by atoms with van der Waals surface area (Å²) in [5.74, 6) is -2.09. The van der Waals surface area contributed by atoms with Crippen LogP contribution in [0.5, 0.6) is 0 Å². The van der Waals surface area contributed by atoms with Crippen molar-refractivity contribution in [2.24, 2.45) is 5.10 Å². The fourth-order valence-corrected chi connectivity index (χ4v) is 8.25. The maximum absolute atomic E-state index is 13.5. The lowest BCUT2D eigenvalue weighted by Gasteiger charge is -2.08. The quantitative estimate of drug-likeness (QED) is 0.224. The van der Waals surface area contributed by atoms with Crippen molar-refractivity contribution in [3.8, 4) is 11.1 Å². The normalized spacial score (nSPS) is 12.3. The molecule has 0 spiro atoms. The van der Waals surface area contributed by atoms with Gasteiger partial charge in [-0.3, -0.25) is 9.78 Å². The van der Waals surface area contributed by atoms with Crippen LogP contribution in [-0.2, 0) is 19.7 Å². The number of nitrogens with zero attached hydrogens (tertiary/aromatic N) is 3. The van der Waals surface area contributed by atoms with E-state index < -0.39 is 41.2 Å². The second-order valence-corrected chi connectivity index (χ2v) is 12.9. The standard InChI is InChI=1S/C27H27FN4O5S2/c1-3-14-38(34,35)25-23-17-21(20-8-11-29-12-9-20)10-13-32(23)24(26(25)39(36,37)15-4-2)27(33)31-30-18-19-6-5-7-22(28)16-19/h5-13,16-18H,3-4,14-15H2,1-2H3,(H,31,33)/b30-18+. The van der Waals surface area contributed by atoms with E-state index in [-0.39, 0.29) is 35.6 Å². The Morgan fingerprint density at radius 3 is 2.26 bits per heavy atom. The lowest BCUT2D eigenvalue weighted by molar-refractivity contribution is 0.0945. The first-order chi connectivity index (χ1) is 18.6. The van der Waals surface area contributed by atoms with Crippen molar-refractivity contribution in [2.75, 3.05) is 11.5 Å². The van der Waals surface area contributed by atoms with Gasteiger partial charge in [-0.2, -0.15) is 5.10 Å². The zero-order valence-corrected chi connectivity index (χ0v) is 23.0. The number of benzene rings is 1. The zero-order valence-electron chi connectivity index (χ0n) is 21.3. The lowest BCUT2D eigenvalue weighted by Crippen LogP contribution is -2.23. The number of aromatic nitrogens is 2. The van der Waals surface area contributed by atoms with E-state index in [0.717, 1.165) is 5.56 Å². The van der Waals surface area contributed by atoms with Gasteiger partial charge in [0.2, 0.25) is 0 Å². The molecule has 0 saturated carbocycles. The SMILES string of the molecule is CCCS(=O)(=O)c1c(S(=O)(=O)CCC)c2cc(-c3ccncc3)ccn2c1C(=O)N/N=C/c1cccc(F)c1. The highest BCUT2D eigenvalue weighted by atomic mass is 32.2. The maximum atomic E-state index is 13.5. The molecule has 0 aliphatic rings. The molecule has 4 rings (SSSR count). The largest absolute Gasteiger partial charge is 0.310 e. The Labute approximate surface area is 226 Å². The summed E-state index contributed by atoms with van der Waals surface area (Å²) in [5, 5.41) is 3.85. The van der Waals surface area contributed by atoms with Crippen molar-refractivity contribution in [2.45, 2.75) is 36.5 Å². The third-order valence-corrected chi connectivity index (χ3v) is 9.95. The Hall–Kier alpha value is -3.90. The third-order valence-electron chi connectivity index (χ3n) is 5.87. The predicted octanol–water partition coefficient (Wildman–Crippen LogP) is 4.27. The molecule has 0 saturated heterocycles. The molecule has 0 bridgehead atoms. The van der Waals surface area contributed by atoms with Crippen molar-refractivity contribution in [3.05, 3.63) is 84.2 Å². The molecule has 204 valence electrons. The summed E-state index contributed by atoms with van der Waals surface area (Å²) in [5.41, 5.74) is 3.68. The highest BCUT2D eigenvalue weighted by Gasteiger charge is 2.37. The molecule has 0 atom stereocenters. The van der Waals surface area contributed by atoms with Crippen LogP contribution in [0.4, 0.5) is 4.39 Å². The van der Waals surface area contributed by atoms with Crippen LogP contribution in [0.15, 0.2) is 82.0 Å². The van der Waals surface area contributed by atoms with Gasteiger partial charge in [0.1, 0.15) is 21.3 Å². The number of amides is 1. The van der Waals surface area contributed by atoms with Crippen LogP contribution in [0.25, 0.3) is 16.6 Å². The summed E-state index contributed by atoms with van der Waals surface area (Å²) in [6.07, 6.45) is 6.29. The van der Waals surface area contributed by atoms with E-state index in [1.54, 1.807) is 56.6 Å². The molecular weight excluding hydrogens is 543 g/mol. The Balaban J connectivity index is 1.97. The number of carbonyl (C=O) groups excluding carboxylic acids is 1. The number of sulfone groups is 2. The van der Waals surface area contributed by atoms with Gasteiger partial charge in [-0.15, -0.1) is 0 Å². The van der Waals surface area contributed by atoms with Crippen molar-refractivity contribution in [1.29, 1.82) is 0 Å². The molecule has 0 aliphatic carbocycles. The van der Waals surface area contributed by atoms with Crippen molar-refractivity contribution in [3.63, 3.8) is 0 Å². The van der Waals surface area contributed by atoms with Crippen molar-refractivity contribution in [1.82, 2.24) is 14.8 Å². The van der Waals surface area contributed by atoms with E-state index in [0.29, 0.717) is 11.1 Å². The van der Waals surface area contributed by atoms with Gasteiger partial charge in [-0.25, -0.2) is 26.7 Å². The number of nitrogens with one attached hydrogen (secondary N) is 1. The molecule has 1 aromatic carbocycles. The average Bonchev–Trinajstić information content (AvgIpc) is 3.26. The van der Waals surface area contributed by atoms with Gasteiger partial charge in [0.25, 0.3) is 5.91 Å². The van der Waals surface area contributed by atoms with Crippen LogP contribution in [0.1, 0.15) is 42.7 Å². The number of hydrazone groups is 1. The lowest BCUT2D eigenvalue weighted by atomic mass is 10.1. The Bertz CT molecular complexity index is 1770. The van der Waals surface area contributed by atoms with E-state index >= 15 is 0 Å². The highest BCUT2D eigenvalue weighted by molar-refractivity contribution is 7.94. The van der Waals surface area contributed by atoms with Crippen LogP contribution in [0.3, 0.4) is 0 Å². The monoisotopic (exact) mass is 570 g/mol. The maximum Gasteiger partial charge on any atom is 0.289 e. The van der Waals surface area contributed by atoms with Crippen molar-refractivity contribution < 1.29 is 26.0 Å². The number of hydrogen-bond acceptors (Lipinski definition) is 7. The summed E-state index contributed by atoms with van der Waals surface area (Å²) in [6, 6.07) is 12.2. The molecule has 0 aliphatic heterocycles. The molecule has 0 unspecified atom stereocenters. The van der Waals surface area contributed by atoms with Crippen molar-refractivity contribution >= 4 is 37.3 Å². The molecule has 1 amide bonds. The van der Waals surface area contributed by atoms with Gasteiger partial charge < -0.3 is 4.40 Å². The minimum Gasteiger partial charge on any atom is -0.310 e. The topological polar surface area (TPSA) is 127 Å². The molecule has 9 nitrogen and oxygen atoms in total. The summed E-state index contributed by atoms with van der Waals surface area (Å²) in [7, 11) is -8.33. The van der Waals surface area contributed by atoms with Crippen LogP contribution in [0, 0.1) is 5.82 Å². The smallest absolute Gasteiger partial charge is 0.289 e. The minimum absolute atomic E-state index is 0.0618. The number of carbonyl (C=O) groups is 1. The molecule has 3 heterocycles. The Kier molecular flexibility index (Phi) is 8.26. The number of hydrogen-bond donors (Lipinski definition) is 1. The van der Waals surface area contributed by atoms with Gasteiger partial charge >= 0.3 is 0 Å². The number of halogens is 1. The first kappa shape index (κ1) is 28.1. The highest BCUT2D eigenvalue weighted by Crippen LogP contribution is 2.36. The van der Waals surface area contributed by atoms with E-state index in [9.17, 15) is 26.0 Å². The fraction of sp³-hybridized carbons (Fsp3) is 0.222. The second kappa shape index (κ2) is 11.5. The first-order valence-electron chi connectivity index (χ1n) is 12.2. The number of fused-ring (bicyclic) bond motifs is 1. The molecule has 0 fully saturated rings. The third kappa shape index (κ3) is 5.91. The van der Waals surface area contributed by atoms with Gasteiger partial charge in [0.15, 0.2) is 19.7 Å². The molecular formula is C27H27FN4O5S2. The summed E-state index contributed by atoms with van der Waals surface area (Å²) >= 11 is 0. The van der Waals surface area contributed by atoms with Crippen LogP contribution in [0.2, 0.25) is 0 Å².